The Balaban J connectivity index is 3.03. The minimum Gasteiger partial charge on any atom is -0.242 e. The van der Waals surface area contributed by atoms with E-state index in [0.29, 0.717) is 0 Å². The number of fused-ring (bicyclic) bond motifs is 1. The average Bonchev–Trinajstić information content (AvgIpc) is 2.21. The van der Waals surface area contributed by atoms with Gasteiger partial charge in [-0.2, -0.15) is 8.42 Å². The first-order valence-electron chi connectivity index (χ1n) is 2.68. The molecule has 0 unspecified atom stereocenters. The molecule has 0 fully saturated rings. The quantitative estimate of drug-likeness (QED) is 0.449. The molecule has 1 aromatic heterocycles. The Bertz CT molecular complexity index is 464. The van der Waals surface area contributed by atoms with Crippen molar-refractivity contribution in [1.29, 1.82) is 0 Å². The second kappa shape index (κ2) is 1.82. The molecule has 7 heteroatoms. The number of aromatic nitrogens is 2. The van der Waals surface area contributed by atoms with E-state index in [4.69, 9.17) is 0 Å². The van der Waals surface area contributed by atoms with Crippen LogP contribution in [0.2, 0.25) is 0 Å². The third-order valence-electron chi connectivity index (χ3n) is 1.09. The van der Waals surface area contributed by atoms with Crippen LogP contribution in [0.5, 0.6) is 0 Å². The van der Waals surface area contributed by atoms with E-state index in [2.05, 4.69) is 18.8 Å². The SMILES string of the molecule is O=S1(=O)N=c2cncnc2=N1. The third kappa shape index (κ3) is 0.984. The zero-order valence-corrected chi connectivity index (χ0v) is 5.98. The molecule has 0 aromatic carbocycles. The van der Waals surface area contributed by atoms with E-state index in [1.165, 1.54) is 12.5 Å². The summed E-state index contributed by atoms with van der Waals surface area (Å²) in [6.45, 7) is 0. The van der Waals surface area contributed by atoms with Crippen LogP contribution in [-0.2, 0) is 10.2 Å². The molecule has 0 amide bonds. The first kappa shape index (κ1) is 6.35. The van der Waals surface area contributed by atoms with Crippen LogP contribution in [0, 0.1) is 0 Å². The average molecular weight is 170 g/mol. The van der Waals surface area contributed by atoms with Gasteiger partial charge in [0.15, 0.2) is 5.49 Å². The zero-order chi connectivity index (χ0) is 7.90. The van der Waals surface area contributed by atoms with Gasteiger partial charge < -0.3 is 0 Å². The first-order valence-corrected chi connectivity index (χ1v) is 4.08. The predicted octanol–water partition coefficient (Wildman–Crippen LogP) is -2.03. The summed E-state index contributed by atoms with van der Waals surface area (Å²) in [4.78, 5) is 7.20. The molecule has 11 heavy (non-hydrogen) atoms. The maximum atomic E-state index is 10.7. The van der Waals surface area contributed by atoms with E-state index in [-0.39, 0.29) is 10.8 Å². The lowest BCUT2D eigenvalue weighted by molar-refractivity contribution is 0.599. The van der Waals surface area contributed by atoms with Crippen LogP contribution >= 0.6 is 0 Å². The van der Waals surface area contributed by atoms with Gasteiger partial charge in [-0.1, -0.05) is 0 Å². The van der Waals surface area contributed by atoms with Gasteiger partial charge in [0.25, 0.3) is 0 Å². The van der Waals surface area contributed by atoms with Crippen molar-refractivity contribution in [2.75, 3.05) is 0 Å². The Morgan fingerprint density at radius 1 is 1.27 bits per heavy atom. The maximum Gasteiger partial charge on any atom is 0.365 e. The fourth-order valence-electron chi connectivity index (χ4n) is 0.705. The van der Waals surface area contributed by atoms with Crippen molar-refractivity contribution in [3.8, 4) is 0 Å². The molecule has 0 N–H and O–H groups in total. The molecular formula is C4H2N4O2S. The Hall–Kier alpha value is -1.37. The number of nitrogens with zero attached hydrogens (tertiary/aromatic N) is 4. The van der Waals surface area contributed by atoms with Crippen LogP contribution in [0.4, 0.5) is 0 Å². The molecule has 56 valence electrons. The molecule has 1 aliphatic heterocycles. The predicted molar refractivity (Wildman–Crippen MR) is 33.3 cm³/mol. The van der Waals surface area contributed by atoms with Gasteiger partial charge in [-0.25, -0.2) is 9.97 Å². The summed E-state index contributed by atoms with van der Waals surface area (Å²) < 4.78 is 27.9. The highest BCUT2D eigenvalue weighted by molar-refractivity contribution is 7.88. The van der Waals surface area contributed by atoms with Gasteiger partial charge in [0.2, 0.25) is 0 Å². The number of rotatable bonds is 0. The number of hydrogen-bond donors (Lipinski definition) is 0. The summed E-state index contributed by atoms with van der Waals surface area (Å²) in [5.41, 5.74) is 0.111. The minimum absolute atomic E-state index is 0.111. The lowest BCUT2D eigenvalue weighted by Gasteiger charge is -1.73. The normalized spacial score (nSPS) is 18.2. The lowest BCUT2D eigenvalue weighted by Crippen LogP contribution is -2.25. The molecule has 0 spiro atoms. The second-order valence-electron chi connectivity index (χ2n) is 1.86. The van der Waals surface area contributed by atoms with Crippen molar-refractivity contribution in [2.45, 2.75) is 0 Å². The van der Waals surface area contributed by atoms with Gasteiger partial charge in [-0.15, -0.1) is 8.80 Å². The molecule has 0 aliphatic carbocycles. The van der Waals surface area contributed by atoms with E-state index in [1.807, 2.05) is 0 Å². The Morgan fingerprint density at radius 3 is 2.82 bits per heavy atom. The highest BCUT2D eigenvalue weighted by Crippen LogP contribution is 1.91. The Morgan fingerprint density at radius 2 is 2.09 bits per heavy atom. The first-order chi connectivity index (χ1) is 5.17. The molecule has 0 atom stereocenters. The van der Waals surface area contributed by atoms with Crippen molar-refractivity contribution >= 4 is 10.2 Å². The third-order valence-corrected chi connectivity index (χ3v) is 1.92. The van der Waals surface area contributed by atoms with Crippen molar-refractivity contribution in [2.24, 2.45) is 8.80 Å². The van der Waals surface area contributed by atoms with Crippen LogP contribution in [0.15, 0.2) is 21.3 Å². The highest BCUT2D eigenvalue weighted by atomic mass is 32.2. The Kier molecular flexibility index (Phi) is 1.05. The molecule has 2 rings (SSSR count). The van der Waals surface area contributed by atoms with Gasteiger partial charge in [-0.05, 0) is 0 Å². The molecule has 2 heterocycles. The van der Waals surface area contributed by atoms with Crippen LogP contribution in [0.3, 0.4) is 0 Å². The molecule has 0 saturated heterocycles. The summed E-state index contributed by atoms with van der Waals surface area (Å²) in [7, 11) is -3.66. The van der Waals surface area contributed by atoms with Crippen LogP contribution in [0.25, 0.3) is 0 Å². The fourth-order valence-corrected chi connectivity index (χ4v) is 1.48. The smallest absolute Gasteiger partial charge is 0.242 e. The van der Waals surface area contributed by atoms with Crippen LogP contribution in [-0.4, -0.2) is 18.4 Å². The van der Waals surface area contributed by atoms with Gasteiger partial charge in [0, 0.05) is 0 Å². The summed E-state index contributed by atoms with van der Waals surface area (Å²) in [5.74, 6) is 0. The van der Waals surface area contributed by atoms with Crippen LogP contribution in [0.1, 0.15) is 0 Å². The van der Waals surface area contributed by atoms with Crippen molar-refractivity contribution in [3.05, 3.63) is 23.4 Å². The van der Waals surface area contributed by atoms with E-state index < -0.39 is 10.2 Å². The number of hydrogen-bond acceptors (Lipinski definition) is 4. The summed E-state index contributed by atoms with van der Waals surface area (Å²) in [6.07, 6.45) is 2.52. The molecule has 0 saturated carbocycles. The van der Waals surface area contributed by atoms with Gasteiger partial charge in [0.1, 0.15) is 11.7 Å². The molecule has 0 bridgehead atoms. The van der Waals surface area contributed by atoms with Crippen molar-refractivity contribution in [1.82, 2.24) is 9.97 Å². The zero-order valence-electron chi connectivity index (χ0n) is 5.17. The minimum atomic E-state index is -3.66. The largest absolute Gasteiger partial charge is 0.365 e. The van der Waals surface area contributed by atoms with E-state index >= 15 is 0 Å². The monoisotopic (exact) mass is 170 g/mol. The standard InChI is InChI=1S/C4H2N4O2S/c9-11(10)7-3-1-5-2-6-4(3)8-11/h1-2H. The highest BCUT2D eigenvalue weighted by Gasteiger charge is 2.11. The van der Waals surface area contributed by atoms with E-state index in [0.717, 1.165) is 0 Å². The molecule has 6 nitrogen and oxygen atoms in total. The lowest BCUT2D eigenvalue weighted by atomic mass is 10.6. The van der Waals surface area contributed by atoms with Crippen molar-refractivity contribution < 1.29 is 8.42 Å². The van der Waals surface area contributed by atoms with Crippen LogP contribution < -0.4 is 10.8 Å². The van der Waals surface area contributed by atoms with E-state index in [1.54, 1.807) is 0 Å². The van der Waals surface area contributed by atoms with Gasteiger partial charge >= 0.3 is 10.2 Å². The molecule has 0 radical (unpaired) electrons. The Labute approximate surface area is 61.6 Å². The summed E-state index contributed by atoms with van der Waals surface area (Å²) in [5, 5.41) is 0.201. The van der Waals surface area contributed by atoms with Crippen molar-refractivity contribution in [3.63, 3.8) is 0 Å². The second-order valence-corrected chi connectivity index (χ2v) is 3.12. The van der Waals surface area contributed by atoms with Gasteiger partial charge in [-0.3, -0.25) is 0 Å². The fraction of sp³-hybridized carbons (Fsp3) is 0. The molecule has 1 aliphatic rings. The topological polar surface area (TPSA) is 84.6 Å². The van der Waals surface area contributed by atoms with E-state index in [9.17, 15) is 8.42 Å². The maximum absolute atomic E-state index is 10.7. The molecular weight excluding hydrogens is 168 g/mol. The molecule has 1 aromatic rings. The summed E-state index contributed by atoms with van der Waals surface area (Å²) >= 11 is 0. The summed E-state index contributed by atoms with van der Waals surface area (Å²) in [6, 6.07) is 0. The van der Waals surface area contributed by atoms with Gasteiger partial charge in [0.05, 0.1) is 6.20 Å².